The Bertz CT molecular complexity index is 566. The minimum atomic E-state index is -0.634. The standard InChI is InChI=1S/C11H10FN3O2/c1-2-11-13-3-4-14(11)9-5-8(12)6-10(7-9)15(16)17/h3-7H,2H2,1H3. The summed E-state index contributed by atoms with van der Waals surface area (Å²) in [6.07, 6.45) is 3.89. The smallest absolute Gasteiger partial charge is 0.274 e. The molecule has 0 unspecified atom stereocenters. The Kier molecular flexibility index (Phi) is 2.86. The summed E-state index contributed by atoms with van der Waals surface area (Å²) in [5.41, 5.74) is 0.141. The fraction of sp³-hybridized carbons (Fsp3) is 0.182. The molecule has 0 amide bonds. The Labute approximate surface area is 96.7 Å². The normalized spacial score (nSPS) is 10.5. The summed E-state index contributed by atoms with van der Waals surface area (Å²) in [6, 6.07) is 3.46. The summed E-state index contributed by atoms with van der Waals surface area (Å²) < 4.78 is 14.9. The number of aromatic nitrogens is 2. The maximum Gasteiger partial charge on any atom is 0.274 e. The van der Waals surface area contributed by atoms with Crippen LogP contribution >= 0.6 is 0 Å². The van der Waals surface area contributed by atoms with Crippen molar-refractivity contribution in [3.8, 4) is 5.69 Å². The van der Waals surface area contributed by atoms with E-state index in [1.807, 2.05) is 6.92 Å². The van der Waals surface area contributed by atoms with Crippen LogP contribution < -0.4 is 0 Å². The zero-order chi connectivity index (χ0) is 12.4. The number of benzene rings is 1. The highest BCUT2D eigenvalue weighted by molar-refractivity contribution is 5.44. The Hall–Kier alpha value is -2.24. The van der Waals surface area contributed by atoms with Crippen LogP contribution in [0, 0.1) is 15.9 Å². The van der Waals surface area contributed by atoms with E-state index in [-0.39, 0.29) is 5.69 Å². The lowest BCUT2D eigenvalue weighted by atomic mass is 10.2. The zero-order valence-electron chi connectivity index (χ0n) is 9.13. The van der Waals surface area contributed by atoms with E-state index in [9.17, 15) is 14.5 Å². The van der Waals surface area contributed by atoms with Crippen molar-refractivity contribution in [1.82, 2.24) is 9.55 Å². The van der Waals surface area contributed by atoms with Gasteiger partial charge in [0.25, 0.3) is 5.69 Å². The first-order valence-corrected chi connectivity index (χ1v) is 5.09. The Morgan fingerprint density at radius 1 is 1.47 bits per heavy atom. The first kappa shape index (κ1) is 11.3. The molecule has 88 valence electrons. The molecule has 0 saturated carbocycles. The van der Waals surface area contributed by atoms with Gasteiger partial charge in [0, 0.05) is 24.9 Å². The fourth-order valence-corrected chi connectivity index (χ4v) is 1.63. The van der Waals surface area contributed by atoms with E-state index in [1.54, 1.807) is 17.0 Å². The van der Waals surface area contributed by atoms with Crippen LogP contribution in [-0.2, 0) is 6.42 Å². The first-order chi connectivity index (χ1) is 8.11. The molecule has 17 heavy (non-hydrogen) atoms. The number of nitro groups is 1. The van der Waals surface area contributed by atoms with Crippen LogP contribution in [0.2, 0.25) is 0 Å². The molecule has 1 aromatic carbocycles. The number of aryl methyl sites for hydroxylation is 1. The summed E-state index contributed by atoms with van der Waals surface area (Å²) in [5.74, 6) is 0.0925. The molecule has 2 aromatic rings. The number of rotatable bonds is 3. The van der Waals surface area contributed by atoms with E-state index in [0.29, 0.717) is 12.1 Å². The maximum absolute atomic E-state index is 13.3. The molecule has 0 N–H and O–H groups in total. The van der Waals surface area contributed by atoms with Crippen molar-refractivity contribution in [2.24, 2.45) is 0 Å². The van der Waals surface area contributed by atoms with E-state index in [0.717, 1.165) is 11.9 Å². The molecular weight excluding hydrogens is 225 g/mol. The third-order valence-corrected chi connectivity index (χ3v) is 2.39. The van der Waals surface area contributed by atoms with Gasteiger partial charge in [-0.15, -0.1) is 0 Å². The van der Waals surface area contributed by atoms with Crippen LogP contribution in [0.25, 0.3) is 5.69 Å². The van der Waals surface area contributed by atoms with E-state index in [2.05, 4.69) is 4.98 Å². The minimum absolute atomic E-state index is 0.268. The summed E-state index contributed by atoms with van der Waals surface area (Å²) >= 11 is 0. The van der Waals surface area contributed by atoms with E-state index >= 15 is 0 Å². The van der Waals surface area contributed by atoms with Crippen molar-refractivity contribution < 1.29 is 9.31 Å². The number of hydrogen-bond donors (Lipinski definition) is 0. The first-order valence-electron chi connectivity index (χ1n) is 5.09. The Morgan fingerprint density at radius 3 is 2.88 bits per heavy atom. The van der Waals surface area contributed by atoms with Crippen LogP contribution in [0.3, 0.4) is 0 Å². The average Bonchev–Trinajstić information content (AvgIpc) is 2.76. The molecule has 0 spiro atoms. The molecule has 0 fully saturated rings. The number of halogens is 1. The molecule has 0 radical (unpaired) electrons. The lowest BCUT2D eigenvalue weighted by Gasteiger charge is -2.06. The molecule has 0 aliphatic heterocycles. The molecule has 0 aliphatic rings. The highest BCUT2D eigenvalue weighted by Gasteiger charge is 2.12. The molecular formula is C11H10FN3O2. The molecule has 0 aliphatic carbocycles. The van der Waals surface area contributed by atoms with Gasteiger partial charge in [-0.3, -0.25) is 10.1 Å². The van der Waals surface area contributed by atoms with Gasteiger partial charge < -0.3 is 4.57 Å². The highest BCUT2D eigenvalue weighted by Crippen LogP contribution is 2.20. The van der Waals surface area contributed by atoms with Crippen LogP contribution in [0.5, 0.6) is 0 Å². The van der Waals surface area contributed by atoms with Gasteiger partial charge in [-0.25, -0.2) is 9.37 Å². The number of imidazole rings is 1. The SMILES string of the molecule is CCc1nccn1-c1cc(F)cc([N+](=O)[O-])c1. The second-order valence-corrected chi connectivity index (χ2v) is 3.49. The van der Waals surface area contributed by atoms with Crippen molar-refractivity contribution in [2.45, 2.75) is 13.3 Å². The molecule has 5 nitrogen and oxygen atoms in total. The fourth-order valence-electron chi connectivity index (χ4n) is 1.63. The minimum Gasteiger partial charge on any atom is -0.303 e. The van der Waals surface area contributed by atoms with Crippen molar-refractivity contribution in [2.75, 3.05) is 0 Å². The van der Waals surface area contributed by atoms with Gasteiger partial charge in [0.15, 0.2) is 0 Å². The second-order valence-electron chi connectivity index (χ2n) is 3.49. The molecule has 1 heterocycles. The van der Waals surface area contributed by atoms with Gasteiger partial charge in [-0.05, 0) is 6.07 Å². The maximum atomic E-state index is 13.3. The number of non-ortho nitro benzene ring substituents is 1. The van der Waals surface area contributed by atoms with Crippen LogP contribution in [0.1, 0.15) is 12.7 Å². The van der Waals surface area contributed by atoms with Gasteiger partial charge in [-0.1, -0.05) is 6.92 Å². The van der Waals surface area contributed by atoms with Crippen molar-refractivity contribution >= 4 is 5.69 Å². The van der Waals surface area contributed by atoms with Gasteiger partial charge in [0.1, 0.15) is 11.6 Å². The van der Waals surface area contributed by atoms with E-state index < -0.39 is 10.7 Å². The number of hydrogen-bond acceptors (Lipinski definition) is 3. The van der Waals surface area contributed by atoms with E-state index in [4.69, 9.17) is 0 Å². The lowest BCUT2D eigenvalue weighted by Crippen LogP contribution is -2.01. The Balaban J connectivity index is 2.56. The summed E-state index contributed by atoms with van der Waals surface area (Å²) in [6.45, 7) is 1.91. The van der Waals surface area contributed by atoms with Gasteiger partial charge in [0.05, 0.1) is 16.7 Å². The largest absolute Gasteiger partial charge is 0.303 e. The highest BCUT2D eigenvalue weighted by atomic mass is 19.1. The molecule has 6 heteroatoms. The summed E-state index contributed by atoms with van der Waals surface area (Å²) in [7, 11) is 0. The van der Waals surface area contributed by atoms with Crippen molar-refractivity contribution in [1.29, 1.82) is 0 Å². The van der Waals surface area contributed by atoms with Crippen molar-refractivity contribution in [3.05, 3.63) is 52.3 Å². The Morgan fingerprint density at radius 2 is 2.24 bits per heavy atom. The number of nitro benzene ring substituents is 1. The van der Waals surface area contributed by atoms with Gasteiger partial charge in [-0.2, -0.15) is 0 Å². The zero-order valence-corrected chi connectivity index (χ0v) is 9.13. The summed E-state index contributed by atoms with van der Waals surface area (Å²) in [4.78, 5) is 14.1. The third-order valence-electron chi connectivity index (χ3n) is 2.39. The second kappa shape index (κ2) is 4.32. The molecule has 2 rings (SSSR count). The quantitative estimate of drug-likeness (QED) is 0.606. The van der Waals surface area contributed by atoms with Crippen LogP contribution in [-0.4, -0.2) is 14.5 Å². The van der Waals surface area contributed by atoms with Gasteiger partial charge >= 0.3 is 0 Å². The van der Waals surface area contributed by atoms with Gasteiger partial charge in [0.2, 0.25) is 0 Å². The summed E-state index contributed by atoms with van der Waals surface area (Å²) in [5, 5.41) is 10.6. The topological polar surface area (TPSA) is 61.0 Å². The molecule has 0 saturated heterocycles. The predicted octanol–water partition coefficient (Wildman–Crippen LogP) is 2.48. The van der Waals surface area contributed by atoms with Crippen LogP contribution in [0.15, 0.2) is 30.6 Å². The van der Waals surface area contributed by atoms with Crippen molar-refractivity contribution in [3.63, 3.8) is 0 Å². The number of nitrogens with zero attached hydrogens (tertiary/aromatic N) is 3. The molecule has 0 atom stereocenters. The molecule has 1 aromatic heterocycles. The third kappa shape index (κ3) is 2.15. The molecule has 0 bridgehead atoms. The van der Waals surface area contributed by atoms with E-state index in [1.165, 1.54) is 12.1 Å². The van der Waals surface area contributed by atoms with Crippen LogP contribution in [0.4, 0.5) is 10.1 Å². The lowest BCUT2D eigenvalue weighted by molar-refractivity contribution is -0.385. The monoisotopic (exact) mass is 235 g/mol. The average molecular weight is 235 g/mol. The predicted molar refractivity (Wildman–Crippen MR) is 59.6 cm³/mol.